The molecule has 3 aromatic rings. The van der Waals surface area contributed by atoms with Gasteiger partial charge < -0.3 is 24.3 Å². The Labute approximate surface area is 190 Å². The Morgan fingerprint density at radius 3 is 2.36 bits per heavy atom. The molecule has 8 nitrogen and oxygen atoms in total. The fourth-order valence-electron chi connectivity index (χ4n) is 3.30. The third kappa shape index (κ3) is 5.30. The first kappa shape index (κ1) is 21.9. The van der Waals surface area contributed by atoms with Gasteiger partial charge in [-0.05, 0) is 24.6 Å². The van der Waals surface area contributed by atoms with Crippen LogP contribution in [0.25, 0.3) is 11.1 Å². The van der Waals surface area contributed by atoms with Crippen LogP contribution in [-0.4, -0.2) is 37.7 Å². The average molecular weight is 447 g/mol. The minimum absolute atomic E-state index is 0.0368. The molecule has 8 heteroatoms. The summed E-state index contributed by atoms with van der Waals surface area (Å²) in [4.78, 5) is 36.3. The van der Waals surface area contributed by atoms with Gasteiger partial charge in [0.2, 0.25) is 6.79 Å². The lowest BCUT2D eigenvalue weighted by Crippen LogP contribution is -2.24. The van der Waals surface area contributed by atoms with Crippen LogP contribution in [0.4, 0.5) is 5.69 Å². The average Bonchev–Trinajstić information content (AvgIpc) is 3.29. The van der Waals surface area contributed by atoms with Crippen molar-refractivity contribution in [3.63, 3.8) is 0 Å². The molecule has 0 aliphatic carbocycles. The molecule has 0 aromatic heterocycles. The van der Waals surface area contributed by atoms with Gasteiger partial charge in [0.25, 0.3) is 5.91 Å². The molecule has 0 unspecified atom stereocenters. The Bertz CT molecular complexity index is 1190. The lowest BCUT2D eigenvalue weighted by atomic mass is 10.1. The van der Waals surface area contributed by atoms with Gasteiger partial charge in [-0.3, -0.25) is 9.59 Å². The van der Waals surface area contributed by atoms with Crippen LogP contribution < -0.4 is 19.5 Å². The number of benzene rings is 3. The van der Waals surface area contributed by atoms with E-state index in [-0.39, 0.29) is 30.4 Å². The molecule has 1 heterocycles. The zero-order chi connectivity index (χ0) is 23.2. The first-order chi connectivity index (χ1) is 16.0. The summed E-state index contributed by atoms with van der Waals surface area (Å²) in [5, 5.41) is 2.57. The maximum absolute atomic E-state index is 12.3. The maximum Gasteiger partial charge on any atom is 0.344 e. The van der Waals surface area contributed by atoms with Crippen molar-refractivity contribution in [2.45, 2.75) is 6.92 Å². The minimum atomic E-state index is -0.703. The van der Waals surface area contributed by atoms with E-state index in [0.29, 0.717) is 17.2 Å². The third-order valence-electron chi connectivity index (χ3n) is 4.85. The number of carbonyl (C=O) groups is 3. The summed E-state index contributed by atoms with van der Waals surface area (Å²) < 4.78 is 21.2. The molecule has 0 saturated heterocycles. The number of esters is 1. The highest BCUT2D eigenvalue weighted by Gasteiger charge is 2.21. The van der Waals surface area contributed by atoms with Crippen LogP contribution >= 0.6 is 0 Å². The molecule has 1 amide bonds. The number of para-hydroxylation sites is 1. The fourth-order valence-corrected chi connectivity index (χ4v) is 3.30. The number of hydrogen-bond donors (Lipinski definition) is 1. The van der Waals surface area contributed by atoms with Crippen molar-refractivity contribution in [2.75, 3.05) is 25.3 Å². The molecule has 1 aliphatic rings. The van der Waals surface area contributed by atoms with Crippen molar-refractivity contribution in [3.05, 3.63) is 72.3 Å². The van der Waals surface area contributed by atoms with Gasteiger partial charge in [-0.2, -0.15) is 0 Å². The number of amides is 1. The van der Waals surface area contributed by atoms with Crippen molar-refractivity contribution >= 4 is 23.3 Å². The lowest BCUT2D eigenvalue weighted by molar-refractivity contribution is -0.149. The fraction of sp³-hybridized carbons (Fsp3) is 0.160. The minimum Gasteiger partial charge on any atom is -0.481 e. The number of nitrogens with one attached hydrogen (secondary N) is 1. The van der Waals surface area contributed by atoms with Gasteiger partial charge in [0.15, 0.2) is 30.5 Å². The molecule has 0 saturated carbocycles. The van der Waals surface area contributed by atoms with E-state index in [9.17, 15) is 14.4 Å². The Morgan fingerprint density at radius 1 is 0.909 bits per heavy atom. The van der Waals surface area contributed by atoms with Crippen LogP contribution in [0.15, 0.2) is 66.7 Å². The van der Waals surface area contributed by atoms with E-state index < -0.39 is 18.5 Å². The highest BCUT2D eigenvalue weighted by molar-refractivity contribution is 6.05. The molecular formula is C25H21NO7. The van der Waals surface area contributed by atoms with Crippen LogP contribution in [0.5, 0.6) is 17.2 Å². The van der Waals surface area contributed by atoms with Gasteiger partial charge in [0, 0.05) is 17.2 Å². The van der Waals surface area contributed by atoms with E-state index in [2.05, 4.69) is 5.32 Å². The zero-order valence-electron chi connectivity index (χ0n) is 17.8. The predicted molar refractivity (Wildman–Crippen MR) is 120 cm³/mol. The van der Waals surface area contributed by atoms with Crippen molar-refractivity contribution in [1.82, 2.24) is 0 Å². The molecular weight excluding hydrogens is 426 g/mol. The molecule has 33 heavy (non-hydrogen) atoms. The molecule has 0 bridgehead atoms. The Morgan fingerprint density at radius 2 is 1.61 bits per heavy atom. The first-order valence-corrected chi connectivity index (χ1v) is 10.2. The molecule has 0 fully saturated rings. The first-order valence-electron chi connectivity index (χ1n) is 10.2. The van der Waals surface area contributed by atoms with Crippen molar-refractivity contribution in [3.8, 4) is 28.4 Å². The number of ether oxygens (including phenoxy) is 4. The summed E-state index contributed by atoms with van der Waals surface area (Å²) in [7, 11) is 0. The SMILES string of the molecule is CC(=O)c1cc2c(cc1NC(=O)COC(=O)COc1ccccc1-c1ccccc1)OCO2. The van der Waals surface area contributed by atoms with Crippen molar-refractivity contribution in [1.29, 1.82) is 0 Å². The summed E-state index contributed by atoms with van der Waals surface area (Å²) >= 11 is 0. The monoisotopic (exact) mass is 447 g/mol. The largest absolute Gasteiger partial charge is 0.481 e. The Kier molecular flexibility index (Phi) is 6.54. The summed E-state index contributed by atoms with van der Waals surface area (Å²) in [5.41, 5.74) is 2.30. The number of Topliss-reactive ketones (excluding diaryl/α,β-unsaturated/α-hetero) is 1. The van der Waals surface area contributed by atoms with Crippen LogP contribution in [0.1, 0.15) is 17.3 Å². The summed E-state index contributed by atoms with van der Waals surface area (Å²) in [6, 6.07) is 20.0. The predicted octanol–water partition coefficient (Wildman–Crippen LogP) is 3.85. The normalized spacial score (nSPS) is 11.5. The van der Waals surface area contributed by atoms with Gasteiger partial charge in [-0.15, -0.1) is 0 Å². The van der Waals surface area contributed by atoms with E-state index in [1.165, 1.54) is 19.1 Å². The summed E-state index contributed by atoms with van der Waals surface area (Å²) in [5.74, 6) is -0.196. The lowest BCUT2D eigenvalue weighted by Gasteiger charge is -2.12. The second kappa shape index (κ2) is 9.86. The number of carbonyl (C=O) groups excluding carboxylic acids is 3. The molecule has 4 rings (SSSR count). The Hall–Kier alpha value is -4.33. The standard InChI is InChI=1S/C25H21NO7/c1-16(27)19-11-22-23(33-15-32-22)12-20(19)26-24(28)13-31-25(29)14-30-21-10-6-5-9-18(21)17-7-3-2-4-8-17/h2-12H,13-15H2,1H3,(H,26,28). The zero-order valence-corrected chi connectivity index (χ0v) is 17.8. The molecule has 1 N–H and O–H groups in total. The van der Waals surface area contributed by atoms with E-state index in [0.717, 1.165) is 11.1 Å². The van der Waals surface area contributed by atoms with Crippen LogP contribution in [0, 0.1) is 0 Å². The molecule has 0 atom stereocenters. The molecule has 0 spiro atoms. The van der Waals surface area contributed by atoms with Gasteiger partial charge in [-0.25, -0.2) is 4.79 Å². The quantitative estimate of drug-likeness (QED) is 0.414. The van der Waals surface area contributed by atoms with Gasteiger partial charge >= 0.3 is 5.97 Å². The van der Waals surface area contributed by atoms with E-state index >= 15 is 0 Å². The summed E-state index contributed by atoms with van der Waals surface area (Å²) in [6.45, 7) is 0.515. The number of hydrogen-bond acceptors (Lipinski definition) is 7. The van der Waals surface area contributed by atoms with Crippen molar-refractivity contribution < 1.29 is 33.3 Å². The summed E-state index contributed by atoms with van der Waals surface area (Å²) in [6.07, 6.45) is 0. The van der Waals surface area contributed by atoms with E-state index in [1.54, 1.807) is 12.1 Å². The highest BCUT2D eigenvalue weighted by Crippen LogP contribution is 2.37. The van der Waals surface area contributed by atoms with E-state index in [4.69, 9.17) is 18.9 Å². The maximum atomic E-state index is 12.3. The number of ketones is 1. The molecule has 0 radical (unpaired) electrons. The molecule has 1 aliphatic heterocycles. The number of fused-ring (bicyclic) bond motifs is 1. The van der Waals surface area contributed by atoms with E-state index in [1.807, 2.05) is 42.5 Å². The van der Waals surface area contributed by atoms with Gasteiger partial charge in [-0.1, -0.05) is 48.5 Å². The smallest absolute Gasteiger partial charge is 0.344 e. The van der Waals surface area contributed by atoms with Gasteiger partial charge in [0.1, 0.15) is 5.75 Å². The molecule has 3 aromatic carbocycles. The Balaban J connectivity index is 1.33. The van der Waals surface area contributed by atoms with Gasteiger partial charge in [0.05, 0.1) is 5.69 Å². The van der Waals surface area contributed by atoms with Crippen LogP contribution in [0.2, 0.25) is 0 Å². The highest BCUT2D eigenvalue weighted by atomic mass is 16.7. The number of rotatable bonds is 8. The molecule has 168 valence electrons. The van der Waals surface area contributed by atoms with Crippen LogP contribution in [-0.2, 0) is 14.3 Å². The topological polar surface area (TPSA) is 100 Å². The second-order valence-electron chi connectivity index (χ2n) is 7.17. The second-order valence-corrected chi connectivity index (χ2v) is 7.17. The van der Waals surface area contributed by atoms with Crippen molar-refractivity contribution in [2.24, 2.45) is 0 Å². The number of anilines is 1. The van der Waals surface area contributed by atoms with Crippen LogP contribution in [0.3, 0.4) is 0 Å². The third-order valence-corrected chi connectivity index (χ3v) is 4.85.